The lowest BCUT2D eigenvalue weighted by Crippen LogP contribution is -2.07. The van der Waals surface area contributed by atoms with E-state index in [1.165, 1.54) is 30.0 Å². The summed E-state index contributed by atoms with van der Waals surface area (Å²) in [6.45, 7) is 2.58. The lowest BCUT2D eigenvalue weighted by atomic mass is 10.1. The van der Waals surface area contributed by atoms with E-state index in [4.69, 9.17) is 4.74 Å². The van der Waals surface area contributed by atoms with Crippen LogP contribution in [0.2, 0.25) is 0 Å². The number of benzene rings is 2. The molecule has 0 radical (unpaired) electrons. The van der Waals surface area contributed by atoms with Crippen molar-refractivity contribution in [2.75, 3.05) is 12.4 Å². The summed E-state index contributed by atoms with van der Waals surface area (Å²) in [4.78, 5) is 20.8. The molecule has 0 bridgehead atoms. The largest absolute Gasteiger partial charge is 0.492 e. The van der Waals surface area contributed by atoms with Crippen LogP contribution in [0.4, 0.5) is 4.39 Å². The molecule has 4 rings (SSSR count). The number of thioether (sulfide) groups is 1. The summed E-state index contributed by atoms with van der Waals surface area (Å²) in [5, 5.41) is 3.29. The number of hydrogen-bond donors (Lipinski definition) is 1. The van der Waals surface area contributed by atoms with Gasteiger partial charge >= 0.3 is 0 Å². The summed E-state index contributed by atoms with van der Waals surface area (Å²) in [6.07, 6.45) is 0.904. The molecule has 0 aliphatic carbocycles. The standard InChI is InChI=1S/C21H19FN4O2S/c1-2-14-5-3-4-6-17(14)28-11-12-29-21-24-20(15-7-9-16(22)10-8-15)23-18-13-19(27)25-26(18)21/h3-10,13H,2,11-12H2,1H3,(H,25,27). The molecule has 0 saturated heterocycles. The Morgan fingerprint density at radius 3 is 2.72 bits per heavy atom. The molecular formula is C21H19FN4O2S. The van der Waals surface area contributed by atoms with Crippen LogP contribution in [0.5, 0.6) is 5.75 Å². The highest BCUT2D eigenvalue weighted by Crippen LogP contribution is 2.23. The van der Waals surface area contributed by atoms with Gasteiger partial charge in [-0.3, -0.25) is 9.89 Å². The molecule has 0 aliphatic heterocycles. The molecule has 2 aromatic heterocycles. The van der Waals surface area contributed by atoms with Crippen LogP contribution >= 0.6 is 11.8 Å². The molecule has 0 aliphatic rings. The van der Waals surface area contributed by atoms with Crippen molar-refractivity contribution < 1.29 is 9.13 Å². The SMILES string of the molecule is CCc1ccccc1OCCSc1nc(-c2ccc(F)cc2)nc2cc(=O)[nH]n12. The van der Waals surface area contributed by atoms with Crippen molar-refractivity contribution in [1.82, 2.24) is 19.6 Å². The molecule has 0 amide bonds. The number of H-pyrrole nitrogens is 1. The van der Waals surface area contributed by atoms with Crippen LogP contribution in [-0.2, 0) is 6.42 Å². The third-order valence-electron chi connectivity index (χ3n) is 4.35. The van der Waals surface area contributed by atoms with Gasteiger partial charge in [0, 0.05) is 17.4 Å². The van der Waals surface area contributed by atoms with Crippen LogP contribution in [0.3, 0.4) is 0 Å². The minimum absolute atomic E-state index is 0.259. The first kappa shape index (κ1) is 19.2. The first-order valence-corrected chi connectivity index (χ1v) is 10.2. The molecular weight excluding hydrogens is 391 g/mol. The van der Waals surface area contributed by atoms with Crippen LogP contribution in [0, 0.1) is 5.82 Å². The van der Waals surface area contributed by atoms with Crippen LogP contribution in [0.15, 0.2) is 64.5 Å². The van der Waals surface area contributed by atoms with Crippen molar-refractivity contribution in [3.05, 3.63) is 76.3 Å². The Morgan fingerprint density at radius 1 is 1.14 bits per heavy atom. The van der Waals surface area contributed by atoms with Gasteiger partial charge in [0.2, 0.25) is 0 Å². The smallest absolute Gasteiger partial charge is 0.266 e. The van der Waals surface area contributed by atoms with Crippen molar-refractivity contribution >= 4 is 17.4 Å². The molecule has 2 aromatic carbocycles. The molecule has 148 valence electrons. The summed E-state index contributed by atoms with van der Waals surface area (Å²) >= 11 is 1.45. The Morgan fingerprint density at radius 2 is 1.93 bits per heavy atom. The van der Waals surface area contributed by atoms with E-state index in [-0.39, 0.29) is 11.4 Å². The molecule has 6 nitrogen and oxygen atoms in total. The van der Waals surface area contributed by atoms with Gasteiger partial charge in [-0.05, 0) is 42.3 Å². The van der Waals surface area contributed by atoms with Gasteiger partial charge in [-0.25, -0.2) is 18.9 Å². The number of hydrogen-bond acceptors (Lipinski definition) is 5. The zero-order valence-electron chi connectivity index (χ0n) is 15.8. The number of halogens is 1. The zero-order chi connectivity index (χ0) is 20.2. The summed E-state index contributed by atoms with van der Waals surface area (Å²) < 4.78 is 20.7. The van der Waals surface area contributed by atoms with E-state index in [0.29, 0.717) is 34.6 Å². The average Bonchev–Trinajstić information content (AvgIpc) is 3.12. The van der Waals surface area contributed by atoms with Gasteiger partial charge in [-0.1, -0.05) is 36.9 Å². The number of aromatic amines is 1. The van der Waals surface area contributed by atoms with Gasteiger partial charge in [0.25, 0.3) is 5.56 Å². The van der Waals surface area contributed by atoms with Crippen molar-refractivity contribution in [2.45, 2.75) is 18.5 Å². The van der Waals surface area contributed by atoms with E-state index in [1.807, 2.05) is 18.2 Å². The second-order valence-corrected chi connectivity index (χ2v) is 7.37. The number of rotatable bonds is 7. The summed E-state index contributed by atoms with van der Waals surface area (Å²) in [5.41, 5.74) is 2.04. The Hall–Kier alpha value is -3.13. The predicted octanol–water partition coefficient (Wildman–Crippen LogP) is 3.96. The molecule has 1 N–H and O–H groups in total. The van der Waals surface area contributed by atoms with Gasteiger partial charge in [-0.15, -0.1) is 0 Å². The number of nitrogens with zero attached hydrogens (tertiary/aromatic N) is 3. The molecule has 0 fully saturated rings. The lowest BCUT2D eigenvalue weighted by molar-refractivity contribution is 0.340. The minimum Gasteiger partial charge on any atom is -0.492 e. The normalized spacial score (nSPS) is 11.1. The first-order chi connectivity index (χ1) is 14.1. The quantitative estimate of drug-likeness (QED) is 0.369. The van der Waals surface area contributed by atoms with Gasteiger partial charge < -0.3 is 4.74 Å². The highest BCUT2D eigenvalue weighted by molar-refractivity contribution is 7.99. The van der Waals surface area contributed by atoms with E-state index in [0.717, 1.165) is 17.7 Å². The Balaban J connectivity index is 1.54. The summed E-state index contributed by atoms with van der Waals surface area (Å²) in [7, 11) is 0. The number of para-hydroxylation sites is 1. The topological polar surface area (TPSA) is 72.3 Å². The number of aryl methyl sites for hydroxylation is 1. The van der Waals surface area contributed by atoms with Crippen molar-refractivity contribution in [3.63, 3.8) is 0 Å². The van der Waals surface area contributed by atoms with Crippen LogP contribution in [0.25, 0.3) is 17.0 Å². The van der Waals surface area contributed by atoms with Gasteiger partial charge in [0.15, 0.2) is 16.6 Å². The Labute approximate surface area is 170 Å². The molecule has 8 heteroatoms. The van der Waals surface area contributed by atoms with E-state index in [2.05, 4.69) is 28.1 Å². The second kappa shape index (κ2) is 8.48. The zero-order valence-corrected chi connectivity index (χ0v) is 16.6. The predicted molar refractivity (Wildman–Crippen MR) is 111 cm³/mol. The summed E-state index contributed by atoms with van der Waals surface area (Å²) in [6, 6.07) is 15.3. The van der Waals surface area contributed by atoms with E-state index in [9.17, 15) is 9.18 Å². The van der Waals surface area contributed by atoms with E-state index in [1.54, 1.807) is 16.6 Å². The fraction of sp³-hybridized carbons (Fsp3) is 0.190. The van der Waals surface area contributed by atoms with E-state index >= 15 is 0 Å². The molecule has 0 saturated carbocycles. The van der Waals surface area contributed by atoms with Gasteiger partial charge in [-0.2, -0.15) is 0 Å². The van der Waals surface area contributed by atoms with Crippen molar-refractivity contribution in [2.24, 2.45) is 0 Å². The number of aromatic nitrogens is 4. The third-order valence-corrected chi connectivity index (χ3v) is 5.26. The fourth-order valence-electron chi connectivity index (χ4n) is 2.93. The fourth-order valence-corrected chi connectivity index (χ4v) is 3.70. The maximum Gasteiger partial charge on any atom is 0.266 e. The van der Waals surface area contributed by atoms with Gasteiger partial charge in [0.1, 0.15) is 11.6 Å². The molecule has 0 spiro atoms. The van der Waals surface area contributed by atoms with Gasteiger partial charge in [0.05, 0.1) is 6.61 Å². The molecule has 0 atom stereocenters. The minimum atomic E-state index is -0.327. The third kappa shape index (κ3) is 4.32. The lowest BCUT2D eigenvalue weighted by Gasteiger charge is -2.11. The molecule has 2 heterocycles. The number of fused-ring (bicyclic) bond motifs is 1. The monoisotopic (exact) mass is 410 g/mol. The maximum atomic E-state index is 13.2. The average molecular weight is 410 g/mol. The van der Waals surface area contributed by atoms with Crippen LogP contribution in [-0.4, -0.2) is 31.9 Å². The number of ether oxygens (including phenoxy) is 1. The molecule has 4 aromatic rings. The van der Waals surface area contributed by atoms with E-state index < -0.39 is 0 Å². The van der Waals surface area contributed by atoms with Crippen molar-refractivity contribution in [3.8, 4) is 17.1 Å². The maximum absolute atomic E-state index is 13.2. The van der Waals surface area contributed by atoms with Crippen LogP contribution in [0.1, 0.15) is 12.5 Å². The highest BCUT2D eigenvalue weighted by Gasteiger charge is 2.12. The van der Waals surface area contributed by atoms with Crippen molar-refractivity contribution in [1.29, 1.82) is 0 Å². The highest BCUT2D eigenvalue weighted by atomic mass is 32.2. The summed E-state index contributed by atoms with van der Waals surface area (Å²) in [5.74, 6) is 1.62. The number of nitrogens with one attached hydrogen (secondary N) is 1. The van der Waals surface area contributed by atoms with Crippen LogP contribution < -0.4 is 10.3 Å². The Bertz CT molecular complexity index is 1190. The second-order valence-electron chi connectivity index (χ2n) is 6.31. The molecule has 0 unspecified atom stereocenters. The molecule has 29 heavy (non-hydrogen) atoms. The Kier molecular flexibility index (Phi) is 5.62. The first-order valence-electron chi connectivity index (χ1n) is 9.23.